The van der Waals surface area contributed by atoms with E-state index in [0.29, 0.717) is 0 Å². The van der Waals surface area contributed by atoms with E-state index >= 15 is 0 Å². The van der Waals surface area contributed by atoms with Crippen molar-refractivity contribution in [3.8, 4) is 11.1 Å². The minimum Gasteiger partial charge on any atom is -0.242 e. The van der Waals surface area contributed by atoms with Gasteiger partial charge in [0.15, 0.2) is 0 Å². The molecule has 2 heteroatoms. The Morgan fingerprint density at radius 3 is 2.14 bits per heavy atom. The molecule has 7 rings (SSSR count). The van der Waals surface area contributed by atoms with Gasteiger partial charge >= 0.3 is 0 Å². The number of nitrogens with zero attached hydrogens (tertiary/aromatic N) is 1. The average molecular weight is 664 g/mol. The zero-order chi connectivity index (χ0) is 29.2. The van der Waals surface area contributed by atoms with Crippen molar-refractivity contribution in [2.75, 3.05) is 0 Å². The van der Waals surface area contributed by atoms with Crippen LogP contribution >= 0.6 is 20.7 Å². The molecular weight excluding hydrogens is 633 g/mol. The molecule has 0 radical (unpaired) electrons. The molecule has 0 fully saturated rings. The van der Waals surface area contributed by atoms with Crippen LogP contribution in [0.15, 0.2) is 157 Å². The van der Waals surface area contributed by atoms with Gasteiger partial charge < -0.3 is 0 Å². The molecule has 1 nitrogen and oxygen atoms in total. The maximum Gasteiger partial charge on any atom is 0.104 e. The number of rotatable bonds is 6. The first-order valence-corrected chi connectivity index (χ1v) is 16.6. The highest BCUT2D eigenvalue weighted by Gasteiger charge is 2.16. The SMILES string of the molecule is C=C/C=C\c1ccc(C2=NC(c3ccc(-c4cccc5ccccc45)cc3)=IC(c3ccc4ccccc4c3)=C2)cc1C. The molecule has 1 heterocycles. The second-order valence-electron chi connectivity index (χ2n) is 10.7. The van der Waals surface area contributed by atoms with E-state index in [-0.39, 0.29) is 0 Å². The van der Waals surface area contributed by atoms with Gasteiger partial charge in [-0.2, -0.15) is 0 Å². The molecule has 0 aliphatic carbocycles. The Morgan fingerprint density at radius 1 is 0.628 bits per heavy atom. The van der Waals surface area contributed by atoms with Crippen LogP contribution in [0, 0.1) is 6.92 Å². The van der Waals surface area contributed by atoms with E-state index in [2.05, 4.69) is 153 Å². The fourth-order valence-corrected chi connectivity index (χ4v) is 8.30. The van der Waals surface area contributed by atoms with Crippen LogP contribution in [0.1, 0.15) is 27.8 Å². The number of fused-ring (bicyclic) bond motifs is 2. The quantitative estimate of drug-likeness (QED) is 0.124. The Hall–Kier alpha value is -4.67. The van der Waals surface area contributed by atoms with Crippen LogP contribution in [-0.4, -0.2) is 9.34 Å². The van der Waals surface area contributed by atoms with Crippen molar-refractivity contribution in [3.05, 3.63) is 180 Å². The summed E-state index contributed by atoms with van der Waals surface area (Å²) in [6.07, 6.45) is 8.22. The van der Waals surface area contributed by atoms with Gasteiger partial charge in [0.05, 0.1) is 5.71 Å². The van der Waals surface area contributed by atoms with E-state index in [0.717, 1.165) is 11.3 Å². The third kappa shape index (κ3) is 5.59. The van der Waals surface area contributed by atoms with E-state index < -0.39 is 20.7 Å². The summed E-state index contributed by atoms with van der Waals surface area (Å²) in [6.45, 7) is 5.97. The molecule has 43 heavy (non-hydrogen) atoms. The lowest BCUT2D eigenvalue weighted by Crippen LogP contribution is -2.07. The highest BCUT2D eigenvalue weighted by atomic mass is 127. The third-order valence-electron chi connectivity index (χ3n) is 7.90. The Bertz CT molecular complexity index is 2140. The first kappa shape index (κ1) is 27.2. The van der Waals surface area contributed by atoms with Gasteiger partial charge in [0.1, 0.15) is 3.63 Å². The molecule has 0 spiro atoms. The number of hydrogen-bond acceptors (Lipinski definition) is 1. The molecule has 6 aromatic carbocycles. The first-order valence-electron chi connectivity index (χ1n) is 14.5. The molecule has 0 atom stereocenters. The summed E-state index contributed by atoms with van der Waals surface area (Å²) >= 11 is -0.499. The van der Waals surface area contributed by atoms with Crippen molar-refractivity contribution in [1.82, 2.24) is 0 Å². The van der Waals surface area contributed by atoms with Gasteiger partial charge in [0.25, 0.3) is 0 Å². The molecule has 0 aromatic heterocycles. The molecule has 0 saturated carbocycles. The molecule has 0 amide bonds. The predicted molar refractivity (Wildman–Crippen MR) is 196 cm³/mol. The van der Waals surface area contributed by atoms with E-state index in [9.17, 15) is 0 Å². The number of hydrogen-bond donors (Lipinski definition) is 0. The lowest BCUT2D eigenvalue weighted by atomic mass is 9.97. The van der Waals surface area contributed by atoms with Crippen LogP contribution < -0.4 is 0 Å². The summed E-state index contributed by atoms with van der Waals surface area (Å²) in [4.78, 5) is 5.32. The minimum absolute atomic E-state index is 0.499. The van der Waals surface area contributed by atoms with Crippen LogP contribution in [0.2, 0.25) is 0 Å². The molecule has 0 saturated heterocycles. The molecule has 0 bridgehead atoms. The Balaban J connectivity index is 1.32. The summed E-state index contributed by atoms with van der Waals surface area (Å²) in [6, 6.07) is 46.2. The number of aliphatic imine (C=N–C) groups is 1. The molecule has 0 N–H and O–H groups in total. The molecule has 6 aromatic rings. The zero-order valence-corrected chi connectivity index (χ0v) is 26.1. The van der Waals surface area contributed by atoms with Crippen molar-refractivity contribution < 1.29 is 0 Å². The summed E-state index contributed by atoms with van der Waals surface area (Å²) in [5, 5.41) is 5.07. The van der Waals surface area contributed by atoms with Crippen LogP contribution in [0.3, 0.4) is 0 Å². The fourth-order valence-electron chi connectivity index (χ4n) is 5.60. The van der Waals surface area contributed by atoms with Crippen molar-refractivity contribution in [3.63, 3.8) is 0 Å². The largest absolute Gasteiger partial charge is 0.242 e. The van der Waals surface area contributed by atoms with Crippen molar-refractivity contribution >= 4 is 61.3 Å². The maximum atomic E-state index is 5.32. The van der Waals surface area contributed by atoms with Crippen molar-refractivity contribution in [1.29, 1.82) is 0 Å². The molecule has 1 aliphatic heterocycles. The van der Waals surface area contributed by atoms with E-state index in [1.165, 1.54) is 62.1 Å². The topological polar surface area (TPSA) is 12.4 Å². The van der Waals surface area contributed by atoms with Gasteiger partial charge in [0.2, 0.25) is 0 Å². The van der Waals surface area contributed by atoms with E-state index in [1.54, 1.807) is 0 Å². The normalized spacial score (nSPS) is 13.4. The fraction of sp³-hybridized carbons (Fsp3) is 0.0244. The Labute approximate surface area is 263 Å². The van der Waals surface area contributed by atoms with Crippen molar-refractivity contribution in [2.45, 2.75) is 6.92 Å². The highest BCUT2D eigenvalue weighted by molar-refractivity contribution is 14.2. The smallest absolute Gasteiger partial charge is 0.104 e. The third-order valence-corrected chi connectivity index (χ3v) is 10.8. The molecule has 1 aliphatic rings. The maximum absolute atomic E-state index is 5.32. The van der Waals surface area contributed by atoms with Gasteiger partial charge in [-0.05, 0) is 74.5 Å². The number of allylic oxidation sites excluding steroid dienone is 3. The van der Waals surface area contributed by atoms with Crippen LogP contribution in [-0.2, 0) is 0 Å². The lowest BCUT2D eigenvalue weighted by molar-refractivity contribution is 1.43. The van der Waals surface area contributed by atoms with Crippen molar-refractivity contribution in [2.24, 2.45) is 4.99 Å². The van der Waals surface area contributed by atoms with Crippen LogP contribution in [0.25, 0.3) is 42.3 Å². The summed E-state index contributed by atoms with van der Waals surface area (Å²) in [5.74, 6) is 0. The first-order chi connectivity index (χ1) is 21.2. The minimum atomic E-state index is -0.499. The van der Waals surface area contributed by atoms with Crippen LogP contribution in [0.5, 0.6) is 0 Å². The molecule has 0 unspecified atom stereocenters. The number of aryl methyl sites for hydroxylation is 1. The standard InChI is InChI=1S/C41H30IN/c1-3-4-10-29-17-24-36(25-28(29)2)40-27-39(35-23-18-30-11-5-6-13-34(30)26-35)42-41(43-40)33-21-19-32(20-22-33)38-16-9-14-31-12-7-8-15-37(31)38/h3-27H,1H2,2H3/b10-4-. The average Bonchev–Trinajstić information content (AvgIpc) is 3.07. The van der Waals surface area contributed by atoms with Gasteiger partial charge in [-0.3, -0.25) is 0 Å². The van der Waals surface area contributed by atoms with Gasteiger partial charge in [0, 0.05) is 14.7 Å². The van der Waals surface area contributed by atoms with Gasteiger partial charge in [-0.15, -0.1) is 0 Å². The summed E-state index contributed by atoms with van der Waals surface area (Å²) < 4.78 is 2.58. The van der Waals surface area contributed by atoms with Crippen LogP contribution in [0.4, 0.5) is 0 Å². The molecular formula is C41H30IN. The highest BCUT2D eigenvalue weighted by Crippen LogP contribution is 2.36. The number of benzene rings is 6. The summed E-state index contributed by atoms with van der Waals surface area (Å²) in [5.41, 5.74) is 9.54. The molecule has 206 valence electrons. The van der Waals surface area contributed by atoms with Gasteiger partial charge in [-0.25, -0.2) is 4.99 Å². The van der Waals surface area contributed by atoms with E-state index in [4.69, 9.17) is 4.99 Å². The lowest BCUT2D eigenvalue weighted by Gasteiger charge is -2.16. The monoisotopic (exact) mass is 663 g/mol. The Morgan fingerprint density at radius 2 is 1.33 bits per heavy atom. The summed E-state index contributed by atoms with van der Waals surface area (Å²) in [7, 11) is 0. The second-order valence-corrected chi connectivity index (χ2v) is 13.4. The zero-order valence-electron chi connectivity index (χ0n) is 24.0. The predicted octanol–water partition coefficient (Wildman–Crippen LogP) is 11.2. The Kier molecular flexibility index (Phi) is 7.53. The van der Waals surface area contributed by atoms with Gasteiger partial charge in [-0.1, -0.05) is 161 Å². The second kappa shape index (κ2) is 11.9. The number of halogens is 1. The van der Waals surface area contributed by atoms with E-state index in [1.807, 2.05) is 12.2 Å².